The van der Waals surface area contributed by atoms with Crippen LogP contribution in [-0.2, 0) is 0 Å². The molecule has 1 aliphatic carbocycles. The number of aromatic amines is 1. The fourth-order valence-corrected chi connectivity index (χ4v) is 5.53. The van der Waals surface area contributed by atoms with Gasteiger partial charge in [0, 0.05) is 11.8 Å². The van der Waals surface area contributed by atoms with Gasteiger partial charge in [-0.25, -0.2) is 4.98 Å². The lowest BCUT2D eigenvalue weighted by molar-refractivity contribution is 0.0752. The predicted octanol–water partition coefficient (Wildman–Crippen LogP) is 5.18. The van der Waals surface area contributed by atoms with Crippen LogP contribution in [0.25, 0.3) is 11.2 Å². The average Bonchev–Trinajstić information content (AvgIpc) is 3.31. The van der Waals surface area contributed by atoms with Crippen molar-refractivity contribution in [1.82, 2.24) is 20.4 Å². The highest BCUT2D eigenvalue weighted by Gasteiger charge is 2.30. The molecule has 4 atom stereocenters. The fourth-order valence-electron chi connectivity index (χ4n) is 5.53. The van der Waals surface area contributed by atoms with E-state index in [0.29, 0.717) is 17.4 Å². The summed E-state index contributed by atoms with van der Waals surface area (Å²) in [6.07, 6.45) is 6.03. The van der Waals surface area contributed by atoms with E-state index in [9.17, 15) is 5.11 Å². The van der Waals surface area contributed by atoms with Crippen molar-refractivity contribution in [3.63, 3.8) is 0 Å². The number of rotatable bonds is 7. The molecule has 2 heterocycles. The Morgan fingerprint density at radius 1 is 1.00 bits per heavy atom. The topological polar surface area (TPSA) is 101 Å². The van der Waals surface area contributed by atoms with Gasteiger partial charge in [-0.05, 0) is 54.4 Å². The number of H-pyrrole nitrogens is 1. The number of aliphatic hydroxyl groups excluding tert-OH is 1. The number of aromatic nitrogens is 4. The van der Waals surface area contributed by atoms with E-state index in [1.807, 2.05) is 18.2 Å². The zero-order valence-corrected chi connectivity index (χ0v) is 18.8. The third-order valence-electron chi connectivity index (χ3n) is 7.18. The Labute approximate surface area is 194 Å². The number of hydrogen-bond donors (Lipinski definition) is 3. The molecule has 2 aromatic carbocycles. The molecule has 0 bridgehead atoms. The first-order chi connectivity index (χ1) is 16.2. The molecule has 1 aliphatic rings. The smallest absolute Gasteiger partial charge is 0.203 e. The molecular weight excluding hydrogens is 410 g/mol. The van der Waals surface area contributed by atoms with E-state index in [1.54, 1.807) is 0 Å². The molecule has 1 fully saturated rings. The summed E-state index contributed by atoms with van der Waals surface area (Å²) in [6.45, 7) is 0. The van der Waals surface area contributed by atoms with Gasteiger partial charge < -0.3 is 10.8 Å². The highest BCUT2D eigenvalue weighted by atomic mass is 16.3. The first kappa shape index (κ1) is 21.6. The minimum absolute atomic E-state index is 0.176. The van der Waals surface area contributed by atoms with Gasteiger partial charge in [-0.1, -0.05) is 73.5 Å². The van der Waals surface area contributed by atoms with Crippen molar-refractivity contribution in [2.75, 3.05) is 5.73 Å². The monoisotopic (exact) mass is 441 g/mol. The predicted molar refractivity (Wildman–Crippen MR) is 131 cm³/mol. The second-order valence-corrected chi connectivity index (χ2v) is 9.29. The van der Waals surface area contributed by atoms with Crippen LogP contribution in [0.2, 0.25) is 0 Å². The van der Waals surface area contributed by atoms with E-state index in [-0.39, 0.29) is 17.9 Å². The van der Waals surface area contributed by atoms with E-state index in [0.717, 1.165) is 43.2 Å². The molecular formula is C27H31N5O. The lowest BCUT2D eigenvalue weighted by atomic mass is 9.74. The third-order valence-corrected chi connectivity index (χ3v) is 7.18. The van der Waals surface area contributed by atoms with Crippen molar-refractivity contribution < 1.29 is 5.11 Å². The number of fused-ring (bicyclic) bond motifs is 1. The van der Waals surface area contributed by atoms with Gasteiger partial charge in [0.15, 0.2) is 0 Å². The second-order valence-electron chi connectivity index (χ2n) is 9.29. The minimum Gasteiger partial charge on any atom is -0.392 e. The number of aliphatic hydroxyl groups is 1. The molecule has 33 heavy (non-hydrogen) atoms. The van der Waals surface area contributed by atoms with Crippen LogP contribution >= 0.6 is 0 Å². The summed E-state index contributed by atoms with van der Waals surface area (Å²) in [5, 5.41) is 22.1. The Morgan fingerprint density at radius 3 is 2.52 bits per heavy atom. The number of pyridine rings is 1. The van der Waals surface area contributed by atoms with E-state index < -0.39 is 0 Å². The lowest BCUT2D eigenvalue weighted by Crippen LogP contribution is -2.27. The Morgan fingerprint density at radius 2 is 1.76 bits per heavy atom. The normalized spacial score (nSPS) is 21.8. The van der Waals surface area contributed by atoms with Crippen molar-refractivity contribution in [2.24, 2.45) is 5.92 Å². The number of nitrogens with one attached hydrogen (secondary N) is 1. The summed E-state index contributed by atoms with van der Waals surface area (Å²) in [5.74, 6) is 1.47. The second kappa shape index (κ2) is 9.71. The molecule has 0 radical (unpaired) electrons. The number of anilines is 1. The zero-order valence-electron chi connectivity index (χ0n) is 18.8. The Bertz CT molecular complexity index is 1180. The third kappa shape index (κ3) is 4.76. The highest BCUT2D eigenvalue weighted by molar-refractivity contribution is 5.77. The molecule has 0 aliphatic heterocycles. The molecule has 5 rings (SSSR count). The van der Waals surface area contributed by atoms with Gasteiger partial charge >= 0.3 is 0 Å². The van der Waals surface area contributed by atoms with Crippen molar-refractivity contribution in [1.29, 1.82) is 0 Å². The van der Waals surface area contributed by atoms with Gasteiger partial charge in [-0.3, -0.25) is 0 Å². The molecule has 6 nitrogen and oxygen atoms in total. The Kier molecular flexibility index (Phi) is 6.35. The van der Waals surface area contributed by atoms with Gasteiger partial charge in [-0.2, -0.15) is 10.3 Å². The Balaban J connectivity index is 1.28. The van der Waals surface area contributed by atoms with Crippen LogP contribution in [0, 0.1) is 5.92 Å². The van der Waals surface area contributed by atoms with Crippen LogP contribution in [-0.4, -0.2) is 31.6 Å². The van der Waals surface area contributed by atoms with Crippen LogP contribution in [0.5, 0.6) is 0 Å². The van der Waals surface area contributed by atoms with Crippen LogP contribution in [0.4, 0.5) is 5.82 Å². The van der Waals surface area contributed by atoms with Crippen molar-refractivity contribution in [3.05, 3.63) is 83.4 Å². The van der Waals surface area contributed by atoms with Crippen LogP contribution in [0.1, 0.15) is 67.1 Å². The maximum atomic E-state index is 10.8. The van der Waals surface area contributed by atoms with E-state index in [1.165, 1.54) is 17.5 Å². The number of benzene rings is 2. The van der Waals surface area contributed by atoms with E-state index in [4.69, 9.17) is 5.73 Å². The van der Waals surface area contributed by atoms with Crippen LogP contribution in [0.3, 0.4) is 0 Å². The minimum atomic E-state index is -0.258. The molecule has 0 amide bonds. The average molecular weight is 442 g/mol. The quantitative estimate of drug-likeness (QED) is 0.367. The standard InChI is InChI=1S/C27H31N5O/c28-25-17-23(26-27(29-25)31-32-30-26)21(19-9-3-1-4-10-19)13-7-8-18-14-15-22(24(33)16-18)20-11-5-2-6-12-20/h1-6,9-12,17-18,21-22,24,33H,7-8,13-16H2,(H3,28,29,30,31,32)/t18?,21-,22-,24+/m1/s1. The van der Waals surface area contributed by atoms with Gasteiger partial charge in [0.05, 0.1) is 6.10 Å². The van der Waals surface area contributed by atoms with Crippen molar-refractivity contribution >= 4 is 17.0 Å². The van der Waals surface area contributed by atoms with Crippen molar-refractivity contribution in [2.45, 2.75) is 56.5 Å². The summed E-state index contributed by atoms with van der Waals surface area (Å²) in [6, 6.07) is 22.9. The zero-order chi connectivity index (χ0) is 22.6. The van der Waals surface area contributed by atoms with E-state index >= 15 is 0 Å². The van der Waals surface area contributed by atoms with Gasteiger partial charge in [0.25, 0.3) is 0 Å². The summed E-state index contributed by atoms with van der Waals surface area (Å²) >= 11 is 0. The summed E-state index contributed by atoms with van der Waals surface area (Å²) in [5.41, 5.74) is 11.0. The Hall–Kier alpha value is -3.25. The van der Waals surface area contributed by atoms with Gasteiger partial charge in [-0.15, -0.1) is 5.10 Å². The van der Waals surface area contributed by atoms with Gasteiger partial charge in [0.1, 0.15) is 11.3 Å². The molecule has 6 heteroatoms. The molecule has 170 valence electrons. The number of nitrogens with zero attached hydrogens (tertiary/aromatic N) is 3. The first-order valence-corrected chi connectivity index (χ1v) is 11.9. The number of hydrogen-bond acceptors (Lipinski definition) is 5. The molecule has 0 saturated heterocycles. The fraction of sp³-hybridized carbons (Fsp3) is 0.370. The molecule has 4 N–H and O–H groups in total. The molecule has 4 aromatic rings. The number of nitrogen functional groups attached to an aromatic ring is 1. The maximum absolute atomic E-state index is 10.8. The first-order valence-electron chi connectivity index (χ1n) is 11.9. The van der Waals surface area contributed by atoms with Crippen LogP contribution < -0.4 is 5.73 Å². The summed E-state index contributed by atoms with van der Waals surface area (Å²) in [7, 11) is 0. The highest BCUT2D eigenvalue weighted by Crippen LogP contribution is 2.39. The van der Waals surface area contributed by atoms with E-state index in [2.05, 4.69) is 68.9 Å². The summed E-state index contributed by atoms with van der Waals surface area (Å²) < 4.78 is 0. The molecule has 1 saturated carbocycles. The SMILES string of the molecule is Nc1cc([C@H](CCCC2CC[C@H](c3ccccc3)[C@@H](O)C2)c2ccccc2)c2n[nH]nc2n1. The number of nitrogens with two attached hydrogens (primary N) is 1. The maximum Gasteiger partial charge on any atom is 0.203 e. The lowest BCUT2D eigenvalue weighted by Gasteiger charge is -2.33. The molecule has 0 spiro atoms. The molecule has 2 aromatic heterocycles. The van der Waals surface area contributed by atoms with Crippen LogP contribution in [0.15, 0.2) is 66.7 Å². The van der Waals surface area contributed by atoms with Crippen molar-refractivity contribution in [3.8, 4) is 0 Å². The summed E-state index contributed by atoms with van der Waals surface area (Å²) in [4.78, 5) is 4.31. The largest absolute Gasteiger partial charge is 0.392 e. The molecule has 1 unspecified atom stereocenters. The van der Waals surface area contributed by atoms with Gasteiger partial charge in [0.2, 0.25) is 5.65 Å².